The predicted molar refractivity (Wildman–Crippen MR) is 117 cm³/mol. The lowest BCUT2D eigenvalue weighted by Gasteiger charge is -2.09. The van der Waals surface area contributed by atoms with Gasteiger partial charge in [-0.05, 0) is 42.8 Å². The summed E-state index contributed by atoms with van der Waals surface area (Å²) in [6.45, 7) is 2.00. The number of aromatic nitrogens is 3. The molecule has 1 heterocycles. The Labute approximate surface area is 179 Å². The van der Waals surface area contributed by atoms with Crippen LogP contribution in [0.2, 0.25) is 5.02 Å². The second kappa shape index (κ2) is 8.39. The first kappa shape index (κ1) is 19.7. The molecule has 30 heavy (non-hydrogen) atoms. The molecule has 1 aromatic heterocycles. The van der Waals surface area contributed by atoms with E-state index in [2.05, 4.69) is 15.4 Å². The molecule has 0 atom stereocenters. The van der Waals surface area contributed by atoms with Gasteiger partial charge in [0.05, 0.1) is 18.5 Å². The first-order chi connectivity index (χ1) is 14.5. The molecule has 0 saturated carbocycles. The van der Waals surface area contributed by atoms with Gasteiger partial charge >= 0.3 is 0 Å². The number of hydrogen-bond donors (Lipinski definition) is 1. The molecule has 0 saturated heterocycles. The van der Waals surface area contributed by atoms with E-state index in [1.54, 1.807) is 22.9 Å². The van der Waals surface area contributed by atoms with Crippen molar-refractivity contribution < 1.29 is 9.53 Å². The van der Waals surface area contributed by atoms with Gasteiger partial charge in [0.2, 0.25) is 5.82 Å². The second-order valence-corrected chi connectivity index (χ2v) is 7.11. The molecule has 0 spiro atoms. The zero-order valence-electron chi connectivity index (χ0n) is 16.5. The van der Waals surface area contributed by atoms with Gasteiger partial charge in [0, 0.05) is 10.6 Å². The molecular weight excluding hydrogens is 400 g/mol. The van der Waals surface area contributed by atoms with E-state index in [9.17, 15) is 4.79 Å². The Kier molecular flexibility index (Phi) is 5.50. The highest BCUT2D eigenvalue weighted by molar-refractivity contribution is 6.31. The molecule has 0 aliphatic heterocycles. The minimum Gasteiger partial charge on any atom is -0.495 e. The molecule has 4 aromatic rings. The smallest absolute Gasteiger partial charge is 0.295 e. The van der Waals surface area contributed by atoms with Gasteiger partial charge in [-0.15, -0.1) is 5.10 Å². The average molecular weight is 419 g/mol. The molecule has 1 N–H and O–H groups in total. The Balaban J connectivity index is 1.76. The number of nitrogens with zero attached hydrogens (tertiary/aromatic N) is 3. The van der Waals surface area contributed by atoms with Crippen LogP contribution in [0.3, 0.4) is 0 Å². The van der Waals surface area contributed by atoms with Gasteiger partial charge in [-0.3, -0.25) is 4.79 Å². The lowest BCUT2D eigenvalue weighted by atomic mass is 10.2. The quantitative estimate of drug-likeness (QED) is 0.486. The predicted octanol–water partition coefficient (Wildman–Crippen LogP) is 5.16. The maximum atomic E-state index is 12.9. The molecule has 6 nitrogen and oxygen atoms in total. The Morgan fingerprint density at radius 3 is 2.57 bits per heavy atom. The summed E-state index contributed by atoms with van der Waals surface area (Å²) in [6, 6.07) is 22.5. The summed E-state index contributed by atoms with van der Waals surface area (Å²) >= 11 is 6.07. The van der Waals surface area contributed by atoms with E-state index in [-0.39, 0.29) is 5.82 Å². The van der Waals surface area contributed by atoms with Crippen LogP contribution in [0.1, 0.15) is 16.2 Å². The van der Waals surface area contributed by atoms with Crippen molar-refractivity contribution >= 4 is 23.2 Å². The minimum absolute atomic E-state index is 0.0392. The van der Waals surface area contributed by atoms with Crippen molar-refractivity contribution in [2.45, 2.75) is 6.92 Å². The number of carbonyl (C=O) groups excluding carboxylic acids is 1. The lowest BCUT2D eigenvalue weighted by molar-refractivity contribution is 0.101. The number of halogens is 1. The first-order valence-electron chi connectivity index (χ1n) is 9.29. The zero-order valence-corrected chi connectivity index (χ0v) is 17.2. The average Bonchev–Trinajstić information content (AvgIpc) is 3.20. The molecule has 150 valence electrons. The minimum atomic E-state index is -0.459. The standard InChI is InChI=1S/C23H19ClN4O2/c1-15-7-6-10-18(13-15)28-22(16-8-4-3-5-9-16)26-21(27-28)23(29)25-19-14-17(24)11-12-20(19)30-2/h3-14H,1-2H3,(H,25,29). The van der Waals surface area contributed by atoms with Crippen molar-refractivity contribution in [1.29, 1.82) is 0 Å². The van der Waals surface area contributed by atoms with E-state index < -0.39 is 5.91 Å². The number of rotatable bonds is 5. The van der Waals surface area contributed by atoms with Crippen molar-refractivity contribution in [3.8, 4) is 22.8 Å². The monoisotopic (exact) mass is 418 g/mol. The molecule has 0 unspecified atom stereocenters. The van der Waals surface area contributed by atoms with Gasteiger partial charge in [-0.25, -0.2) is 9.67 Å². The molecular formula is C23H19ClN4O2. The van der Waals surface area contributed by atoms with Crippen LogP contribution in [0.25, 0.3) is 17.1 Å². The van der Waals surface area contributed by atoms with E-state index in [0.717, 1.165) is 16.8 Å². The lowest BCUT2D eigenvalue weighted by Crippen LogP contribution is -2.15. The fourth-order valence-electron chi connectivity index (χ4n) is 3.08. The number of ether oxygens (including phenoxy) is 1. The van der Waals surface area contributed by atoms with Gasteiger partial charge in [-0.2, -0.15) is 0 Å². The van der Waals surface area contributed by atoms with Crippen LogP contribution in [0.5, 0.6) is 5.75 Å². The molecule has 3 aromatic carbocycles. The highest BCUT2D eigenvalue weighted by Crippen LogP contribution is 2.28. The van der Waals surface area contributed by atoms with Crippen molar-refractivity contribution in [1.82, 2.24) is 14.8 Å². The number of benzene rings is 3. The highest BCUT2D eigenvalue weighted by atomic mass is 35.5. The summed E-state index contributed by atoms with van der Waals surface area (Å²) in [7, 11) is 1.52. The Morgan fingerprint density at radius 1 is 1.03 bits per heavy atom. The summed E-state index contributed by atoms with van der Waals surface area (Å²) < 4.78 is 6.97. The normalized spacial score (nSPS) is 10.6. The summed E-state index contributed by atoms with van der Waals surface area (Å²) in [6.07, 6.45) is 0. The van der Waals surface area contributed by atoms with Crippen molar-refractivity contribution in [2.75, 3.05) is 12.4 Å². The Morgan fingerprint density at radius 2 is 1.83 bits per heavy atom. The molecule has 0 aliphatic carbocycles. The van der Waals surface area contributed by atoms with E-state index >= 15 is 0 Å². The number of amides is 1. The van der Waals surface area contributed by atoms with Gasteiger partial charge in [0.25, 0.3) is 5.91 Å². The van der Waals surface area contributed by atoms with Crippen LogP contribution < -0.4 is 10.1 Å². The van der Waals surface area contributed by atoms with Gasteiger partial charge < -0.3 is 10.1 Å². The summed E-state index contributed by atoms with van der Waals surface area (Å²) in [5.74, 6) is 0.648. The third kappa shape index (κ3) is 4.04. The van der Waals surface area contributed by atoms with Gasteiger partial charge in [-0.1, -0.05) is 54.1 Å². The first-order valence-corrected chi connectivity index (χ1v) is 9.67. The molecule has 0 aliphatic rings. The summed E-state index contributed by atoms with van der Waals surface area (Å²) in [4.78, 5) is 17.5. The second-order valence-electron chi connectivity index (χ2n) is 6.67. The number of hydrogen-bond acceptors (Lipinski definition) is 4. The highest BCUT2D eigenvalue weighted by Gasteiger charge is 2.20. The van der Waals surface area contributed by atoms with Crippen LogP contribution >= 0.6 is 11.6 Å². The van der Waals surface area contributed by atoms with E-state index in [4.69, 9.17) is 16.3 Å². The molecule has 1 amide bonds. The molecule has 0 radical (unpaired) electrons. The third-order valence-corrected chi connectivity index (χ3v) is 4.73. The van der Waals surface area contributed by atoms with Crippen LogP contribution in [-0.4, -0.2) is 27.8 Å². The zero-order chi connectivity index (χ0) is 21.1. The summed E-state index contributed by atoms with van der Waals surface area (Å²) in [5.41, 5.74) is 3.20. The van der Waals surface area contributed by atoms with Crippen LogP contribution in [-0.2, 0) is 0 Å². The molecule has 0 fully saturated rings. The Hall–Kier alpha value is -3.64. The number of methoxy groups -OCH3 is 1. The van der Waals surface area contributed by atoms with Crippen LogP contribution in [0, 0.1) is 6.92 Å². The molecule has 4 rings (SSSR count). The van der Waals surface area contributed by atoms with E-state index in [1.165, 1.54) is 7.11 Å². The van der Waals surface area contributed by atoms with Crippen molar-refractivity contribution in [3.05, 3.63) is 89.2 Å². The van der Waals surface area contributed by atoms with Gasteiger partial charge in [0.1, 0.15) is 5.75 Å². The van der Waals surface area contributed by atoms with Crippen LogP contribution in [0.4, 0.5) is 5.69 Å². The topological polar surface area (TPSA) is 69.0 Å². The fourth-order valence-corrected chi connectivity index (χ4v) is 3.25. The van der Waals surface area contributed by atoms with Crippen LogP contribution in [0.15, 0.2) is 72.8 Å². The molecule has 7 heteroatoms. The maximum absolute atomic E-state index is 12.9. The molecule has 0 bridgehead atoms. The van der Waals surface area contributed by atoms with E-state index in [0.29, 0.717) is 22.3 Å². The maximum Gasteiger partial charge on any atom is 0.295 e. The van der Waals surface area contributed by atoms with Crippen molar-refractivity contribution in [2.24, 2.45) is 0 Å². The van der Waals surface area contributed by atoms with E-state index in [1.807, 2.05) is 61.5 Å². The fraction of sp³-hybridized carbons (Fsp3) is 0.0870. The van der Waals surface area contributed by atoms with Crippen molar-refractivity contribution in [3.63, 3.8) is 0 Å². The van der Waals surface area contributed by atoms with Gasteiger partial charge in [0.15, 0.2) is 5.82 Å². The number of nitrogens with one attached hydrogen (secondary N) is 1. The number of aryl methyl sites for hydroxylation is 1. The summed E-state index contributed by atoms with van der Waals surface area (Å²) in [5, 5.41) is 7.76. The third-order valence-electron chi connectivity index (χ3n) is 4.50. The number of carbonyl (C=O) groups is 1. The largest absolute Gasteiger partial charge is 0.495 e. The Bertz CT molecular complexity index is 1210. The number of anilines is 1. The SMILES string of the molecule is COc1ccc(Cl)cc1NC(=O)c1nc(-c2ccccc2)n(-c2cccc(C)c2)n1.